The van der Waals surface area contributed by atoms with E-state index in [0.717, 1.165) is 47.8 Å². The Morgan fingerprint density at radius 1 is 1.05 bits per heavy atom. The standard InChI is InChI=1S/C31H33F3N4O4/c1-37-26-15-20(4-5-21(26)17-35-37)19-6-8-23(9-7-19)31(33,34)30(40)36-25(18-38-10-2-3-11-38)28(39)22-14-24(32)29-27(16-22)41-12-13-42-29/h4-9,14-16,25,28,35,39H,2-3,10-13,17-18H2,1H3,(H,36,40)/t25-,28-/m1/s1. The Labute approximate surface area is 242 Å². The molecule has 1 saturated heterocycles. The fraction of sp³-hybridized carbons (Fsp3) is 0.387. The molecule has 1 fully saturated rings. The maximum atomic E-state index is 15.5. The lowest BCUT2D eigenvalue weighted by molar-refractivity contribution is -0.149. The lowest BCUT2D eigenvalue weighted by Crippen LogP contribution is -2.51. The zero-order valence-corrected chi connectivity index (χ0v) is 23.2. The largest absolute Gasteiger partial charge is 0.486 e. The van der Waals surface area contributed by atoms with Crippen molar-refractivity contribution in [2.24, 2.45) is 0 Å². The Hall–Kier alpha value is -3.80. The van der Waals surface area contributed by atoms with Crippen LogP contribution in [0.25, 0.3) is 11.1 Å². The Bertz CT molecular complexity index is 1460. The van der Waals surface area contributed by atoms with E-state index in [1.165, 1.54) is 18.2 Å². The Morgan fingerprint density at radius 2 is 1.76 bits per heavy atom. The minimum Gasteiger partial charge on any atom is -0.486 e. The first-order valence-electron chi connectivity index (χ1n) is 14.1. The number of halogens is 3. The lowest BCUT2D eigenvalue weighted by Gasteiger charge is -2.30. The average molecular weight is 583 g/mol. The fourth-order valence-electron chi connectivity index (χ4n) is 5.76. The van der Waals surface area contributed by atoms with Gasteiger partial charge in [-0.1, -0.05) is 36.4 Å². The number of anilines is 1. The van der Waals surface area contributed by atoms with Crippen molar-refractivity contribution in [1.29, 1.82) is 0 Å². The van der Waals surface area contributed by atoms with Crippen LogP contribution in [0.3, 0.4) is 0 Å². The molecule has 0 aliphatic carbocycles. The van der Waals surface area contributed by atoms with Crippen LogP contribution in [0.5, 0.6) is 11.5 Å². The molecule has 222 valence electrons. The lowest BCUT2D eigenvalue weighted by atomic mass is 9.98. The second-order valence-electron chi connectivity index (χ2n) is 10.9. The summed E-state index contributed by atoms with van der Waals surface area (Å²) in [4.78, 5) is 15.1. The van der Waals surface area contributed by atoms with Crippen LogP contribution in [0.2, 0.25) is 0 Å². The normalized spacial score (nSPS) is 18.1. The Balaban J connectivity index is 1.21. The van der Waals surface area contributed by atoms with Gasteiger partial charge in [-0.3, -0.25) is 4.79 Å². The number of likely N-dealkylation sites (tertiary alicyclic amines) is 1. The molecule has 0 spiro atoms. The van der Waals surface area contributed by atoms with Crippen molar-refractivity contribution in [3.8, 4) is 22.6 Å². The highest BCUT2D eigenvalue weighted by Gasteiger charge is 2.43. The molecule has 6 rings (SSSR count). The number of benzene rings is 3. The van der Waals surface area contributed by atoms with Crippen LogP contribution in [0, 0.1) is 5.82 Å². The summed E-state index contributed by atoms with van der Waals surface area (Å²) in [5.74, 6) is -6.08. The minimum absolute atomic E-state index is 0.0594. The van der Waals surface area contributed by atoms with E-state index in [2.05, 4.69) is 10.7 Å². The number of rotatable bonds is 8. The number of ether oxygens (including phenoxy) is 2. The summed E-state index contributed by atoms with van der Waals surface area (Å²) < 4.78 is 56.6. The van der Waals surface area contributed by atoms with Crippen LogP contribution in [0.1, 0.15) is 35.6 Å². The molecule has 3 aliphatic heterocycles. The molecule has 0 radical (unpaired) electrons. The van der Waals surface area contributed by atoms with Crippen LogP contribution in [0.15, 0.2) is 54.6 Å². The molecule has 3 aliphatic rings. The van der Waals surface area contributed by atoms with Gasteiger partial charge in [-0.2, -0.15) is 8.78 Å². The van der Waals surface area contributed by atoms with Gasteiger partial charge in [-0.25, -0.2) is 9.82 Å². The van der Waals surface area contributed by atoms with E-state index in [4.69, 9.17) is 9.47 Å². The number of amides is 1. The highest BCUT2D eigenvalue weighted by Crippen LogP contribution is 2.37. The molecular weight excluding hydrogens is 549 g/mol. The molecule has 11 heteroatoms. The monoisotopic (exact) mass is 582 g/mol. The predicted molar refractivity (Wildman–Crippen MR) is 151 cm³/mol. The minimum atomic E-state index is -3.87. The summed E-state index contributed by atoms with van der Waals surface area (Å²) in [6.07, 6.45) is 0.384. The van der Waals surface area contributed by atoms with Gasteiger partial charge in [0.25, 0.3) is 5.91 Å². The number of carbonyl (C=O) groups excluding carboxylic acids is 1. The smallest absolute Gasteiger partial charge is 0.349 e. The van der Waals surface area contributed by atoms with E-state index in [9.17, 15) is 14.3 Å². The number of fused-ring (bicyclic) bond motifs is 2. The Kier molecular flexibility index (Phi) is 7.73. The van der Waals surface area contributed by atoms with Crippen LogP contribution < -0.4 is 25.2 Å². The van der Waals surface area contributed by atoms with Crippen molar-refractivity contribution >= 4 is 11.6 Å². The first kappa shape index (κ1) is 28.3. The number of carbonyl (C=O) groups is 1. The first-order chi connectivity index (χ1) is 20.2. The van der Waals surface area contributed by atoms with E-state index in [1.807, 2.05) is 35.2 Å². The highest BCUT2D eigenvalue weighted by atomic mass is 19.3. The van der Waals surface area contributed by atoms with Crippen molar-refractivity contribution in [2.45, 2.75) is 37.5 Å². The molecule has 0 bridgehead atoms. The molecule has 3 aromatic carbocycles. The summed E-state index contributed by atoms with van der Waals surface area (Å²) in [6, 6.07) is 12.9. The van der Waals surface area contributed by atoms with Crippen LogP contribution in [0.4, 0.5) is 18.9 Å². The molecule has 0 saturated carbocycles. The second kappa shape index (κ2) is 11.5. The number of nitrogens with one attached hydrogen (secondary N) is 2. The maximum Gasteiger partial charge on any atom is 0.349 e. The van der Waals surface area contributed by atoms with E-state index in [-0.39, 0.29) is 36.8 Å². The van der Waals surface area contributed by atoms with E-state index >= 15 is 8.78 Å². The van der Waals surface area contributed by atoms with Gasteiger partial charge in [0.2, 0.25) is 0 Å². The summed E-state index contributed by atoms with van der Waals surface area (Å²) in [5.41, 5.74) is 6.61. The number of aliphatic hydroxyl groups is 1. The number of alkyl halides is 2. The zero-order valence-electron chi connectivity index (χ0n) is 23.2. The topological polar surface area (TPSA) is 86.3 Å². The van der Waals surface area contributed by atoms with Gasteiger partial charge >= 0.3 is 5.92 Å². The highest BCUT2D eigenvalue weighted by molar-refractivity contribution is 5.85. The van der Waals surface area contributed by atoms with Crippen molar-refractivity contribution in [1.82, 2.24) is 15.6 Å². The molecule has 3 aromatic rings. The maximum absolute atomic E-state index is 15.5. The van der Waals surface area contributed by atoms with Crippen LogP contribution in [-0.4, -0.2) is 61.9 Å². The van der Waals surface area contributed by atoms with Gasteiger partial charge in [-0.05, 0) is 66.4 Å². The summed E-state index contributed by atoms with van der Waals surface area (Å²) in [5, 5.41) is 15.5. The molecule has 3 N–H and O–H groups in total. The predicted octanol–water partition coefficient (Wildman–Crippen LogP) is 4.12. The summed E-state index contributed by atoms with van der Waals surface area (Å²) in [7, 11) is 1.91. The third kappa shape index (κ3) is 5.51. The SMILES string of the molecule is CN1NCc2ccc(-c3ccc(C(F)(F)C(=O)N[C@H](CN4CCCC4)[C@H](O)c4cc(F)c5c(c4)OCCO5)cc3)cc21. The molecule has 1 amide bonds. The molecular formula is C31H33F3N4O4. The van der Waals surface area contributed by atoms with E-state index < -0.39 is 35.4 Å². The summed E-state index contributed by atoms with van der Waals surface area (Å²) >= 11 is 0. The van der Waals surface area contributed by atoms with Crippen molar-refractivity contribution in [2.75, 3.05) is 44.9 Å². The number of hydrogen-bond acceptors (Lipinski definition) is 7. The number of hydrogen-bond donors (Lipinski definition) is 3. The third-order valence-electron chi connectivity index (χ3n) is 8.13. The van der Waals surface area contributed by atoms with Crippen LogP contribution in [-0.2, 0) is 17.3 Å². The molecule has 2 atom stereocenters. The van der Waals surface area contributed by atoms with Gasteiger partial charge in [0.05, 0.1) is 11.7 Å². The first-order valence-corrected chi connectivity index (χ1v) is 14.1. The van der Waals surface area contributed by atoms with Crippen molar-refractivity contribution in [3.63, 3.8) is 0 Å². The van der Waals surface area contributed by atoms with Gasteiger partial charge in [0.1, 0.15) is 19.3 Å². The molecule has 8 nitrogen and oxygen atoms in total. The van der Waals surface area contributed by atoms with E-state index in [1.54, 1.807) is 12.1 Å². The third-order valence-corrected chi connectivity index (χ3v) is 8.13. The summed E-state index contributed by atoms with van der Waals surface area (Å²) in [6.45, 7) is 2.67. The van der Waals surface area contributed by atoms with Gasteiger partial charge in [0, 0.05) is 25.7 Å². The van der Waals surface area contributed by atoms with Crippen molar-refractivity contribution in [3.05, 3.63) is 77.1 Å². The molecule has 3 heterocycles. The number of nitrogens with zero attached hydrogens (tertiary/aromatic N) is 2. The number of hydrazine groups is 1. The van der Waals surface area contributed by atoms with Gasteiger partial charge < -0.3 is 29.8 Å². The van der Waals surface area contributed by atoms with Crippen molar-refractivity contribution < 1.29 is 32.5 Å². The van der Waals surface area contributed by atoms with Gasteiger partial charge in [-0.15, -0.1) is 0 Å². The second-order valence-corrected chi connectivity index (χ2v) is 10.9. The molecule has 42 heavy (non-hydrogen) atoms. The molecule has 0 aromatic heterocycles. The average Bonchev–Trinajstić information content (AvgIpc) is 3.65. The van der Waals surface area contributed by atoms with Gasteiger partial charge in [0.15, 0.2) is 17.3 Å². The van der Waals surface area contributed by atoms with E-state index in [0.29, 0.717) is 13.1 Å². The molecule has 0 unspecified atom stereocenters. The number of aliphatic hydroxyl groups excluding tert-OH is 1. The Morgan fingerprint density at radius 3 is 2.52 bits per heavy atom. The quantitative estimate of drug-likeness (QED) is 0.369. The zero-order chi connectivity index (χ0) is 29.4. The fourth-order valence-corrected chi connectivity index (χ4v) is 5.76. The van der Waals surface area contributed by atoms with Crippen LogP contribution >= 0.6 is 0 Å².